The summed E-state index contributed by atoms with van der Waals surface area (Å²) in [5, 5.41) is 7.00. The van der Waals surface area contributed by atoms with Gasteiger partial charge in [-0.1, -0.05) is 12.1 Å². The molecule has 1 atom stereocenters. The number of hydrogen-bond acceptors (Lipinski definition) is 4. The van der Waals surface area contributed by atoms with Gasteiger partial charge < -0.3 is 20.1 Å². The molecule has 1 aromatic carbocycles. The molecular formula is C15H26Cl2N2O2. The highest BCUT2D eigenvalue weighted by Crippen LogP contribution is 2.31. The molecule has 1 fully saturated rings. The van der Waals surface area contributed by atoms with Crippen molar-refractivity contribution in [2.45, 2.75) is 32.4 Å². The molecule has 1 aliphatic heterocycles. The number of para-hydroxylation sites is 1. The zero-order valence-corrected chi connectivity index (χ0v) is 14.3. The highest BCUT2D eigenvalue weighted by atomic mass is 35.5. The lowest BCUT2D eigenvalue weighted by Crippen LogP contribution is -2.42. The van der Waals surface area contributed by atoms with E-state index in [2.05, 4.69) is 16.7 Å². The Morgan fingerprint density at radius 3 is 2.76 bits per heavy atom. The zero-order chi connectivity index (χ0) is 13.5. The molecule has 1 aromatic rings. The molecular weight excluding hydrogens is 311 g/mol. The van der Waals surface area contributed by atoms with Gasteiger partial charge in [-0.2, -0.15) is 0 Å². The van der Waals surface area contributed by atoms with Gasteiger partial charge in [0.1, 0.15) is 0 Å². The predicted octanol–water partition coefficient (Wildman–Crippen LogP) is 2.78. The quantitative estimate of drug-likeness (QED) is 0.838. The van der Waals surface area contributed by atoms with Gasteiger partial charge in [-0.25, -0.2) is 0 Å². The topological polar surface area (TPSA) is 42.5 Å². The molecule has 0 bridgehead atoms. The molecule has 4 nitrogen and oxygen atoms in total. The van der Waals surface area contributed by atoms with E-state index in [1.54, 1.807) is 7.11 Å². The Bertz CT molecular complexity index is 399. The maximum absolute atomic E-state index is 5.72. The van der Waals surface area contributed by atoms with Crippen molar-refractivity contribution in [2.75, 3.05) is 26.8 Å². The lowest BCUT2D eigenvalue weighted by atomic mass is 10.1. The lowest BCUT2D eigenvalue weighted by Gasteiger charge is -2.24. The Morgan fingerprint density at radius 2 is 2.14 bits per heavy atom. The third-order valence-corrected chi connectivity index (χ3v) is 3.45. The highest BCUT2D eigenvalue weighted by Gasteiger charge is 2.14. The normalized spacial score (nSPS) is 17.3. The van der Waals surface area contributed by atoms with E-state index in [0.29, 0.717) is 12.6 Å². The van der Waals surface area contributed by atoms with Gasteiger partial charge in [0, 0.05) is 24.7 Å². The molecule has 0 radical (unpaired) electrons. The third-order valence-electron chi connectivity index (χ3n) is 3.45. The van der Waals surface area contributed by atoms with Crippen LogP contribution in [0.2, 0.25) is 0 Å². The van der Waals surface area contributed by atoms with Gasteiger partial charge >= 0.3 is 0 Å². The molecule has 1 unspecified atom stereocenters. The fraction of sp³-hybridized carbons (Fsp3) is 0.600. The van der Waals surface area contributed by atoms with Crippen molar-refractivity contribution in [2.24, 2.45) is 0 Å². The largest absolute Gasteiger partial charge is 0.493 e. The SMILES string of the molecule is CCOc1c(CNC2CCCNC2)cccc1OC.Cl.Cl. The molecule has 0 aliphatic carbocycles. The molecule has 2 rings (SSSR count). The number of rotatable bonds is 6. The highest BCUT2D eigenvalue weighted by molar-refractivity contribution is 5.85. The van der Waals surface area contributed by atoms with Crippen molar-refractivity contribution in [1.29, 1.82) is 0 Å². The second-order valence-corrected chi connectivity index (χ2v) is 4.81. The summed E-state index contributed by atoms with van der Waals surface area (Å²) in [4.78, 5) is 0. The number of nitrogens with one attached hydrogen (secondary N) is 2. The number of ether oxygens (including phenoxy) is 2. The standard InChI is InChI=1S/C15H24N2O2.2ClH/c1-3-19-15-12(6-4-8-14(15)18-2)10-17-13-7-5-9-16-11-13;;/h4,6,8,13,16-17H,3,5,7,9-11H2,1-2H3;2*1H. The summed E-state index contributed by atoms with van der Waals surface area (Å²) in [6, 6.07) is 6.60. The first-order valence-electron chi connectivity index (χ1n) is 7.08. The van der Waals surface area contributed by atoms with E-state index in [1.807, 2.05) is 19.1 Å². The summed E-state index contributed by atoms with van der Waals surface area (Å²) in [7, 11) is 1.68. The summed E-state index contributed by atoms with van der Waals surface area (Å²) in [5.74, 6) is 1.67. The van der Waals surface area contributed by atoms with Gasteiger partial charge in [0.2, 0.25) is 0 Å². The van der Waals surface area contributed by atoms with Crippen LogP contribution in [0.4, 0.5) is 0 Å². The van der Waals surface area contributed by atoms with Gasteiger partial charge in [-0.3, -0.25) is 0 Å². The van der Waals surface area contributed by atoms with Crippen molar-refractivity contribution in [3.8, 4) is 11.5 Å². The summed E-state index contributed by atoms with van der Waals surface area (Å²) >= 11 is 0. The molecule has 0 aromatic heterocycles. The van der Waals surface area contributed by atoms with Crippen LogP contribution in [0.1, 0.15) is 25.3 Å². The molecule has 1 aliphatic rings. The van der Waals surface area contributed by atoms with E-state index in [9.17, 15) is 0 Å². The van der Waals surface area contributed by atoms with E-state index in [0.717, 1.165) is 36.7 Å². The number of halogens is 2. The van der Waals surface area contributed by atoms with E-state index in [1.165, 1.54) is 12.8 Å². The zero-order valence-electron chi connectivity index (χ0n) is 12.7. The van der Waals surface area contributed by atoms with Crippen LogP contribution >= 0.6 is 24.8 Å². The van der Waals surface area contributed by atoms with Gasteiger partial charge in [0.05, 0.1) is 13.7 Å². The van der Waals surface area contributed by atoms with Crippen LogP contribution in [0.3, 0.4) is 0 Å². The minimum absolute atomic E-state index is 0. The van der Waals surface area contributed by atoms with Crippen LogP contribution in [0, 0.1) is 0 Å². The van der Waals surface area contributed by atoms with Crippen molar-refractivity contribution >= 4 is 24.8 Å². The summed E-state index contributed by atoms with van der Waals surface area (Å²) in [6.07, 6.45) is 2.48. The summed E-state index contributed by atoms with van der Waals surface area (Å²) in [5.41, 5.74) is 1.16. The van der Waals surface area contributed by atoms with Crippen molar-refractivity contribution < 1.29 is 9.47 Å². The van der Waals surface area contributed by atoms with Crippen LogP contribution < -0.4 is 20.1 Å². The number of piperidine rings is 1. The van der Waals surface area contributed by atoms with Crippen LogP contribution in [0.25, 0.3) is 0 Å². The van der Waals surface area contributed by atoms with E-state index < -0.39 is 0 Å². The second-order valence-electron chi connectivity index (χ2n) is 4.81. The maximum atomic E-state index is 5.72. The first-order valence-corrected chi connectivity index (χ1v) is 7.08. The number of benzene rings is 1. The maximum Gasteiger partial charge on any atom is 0.165 e. The molecule has 6 heteroatoms. The van der Waals surface area contributed by atoms with Crippen LogP contribution in [-0.2, 0) is 6.54 Å². The Balaban J connectivity index is 0.00000200. The molecule has 2 N–H and O–H groups in total. The monoisotopic (exact) mass is 336 g/mol. The second kappa shape index (κ2) is 11.0. The Labute approximate surface area is 139 Å². The smallest absolute Gasteiger partial charge is 0.165 e. The Kier molecular flexibility index (Phi) is 10.6. The van der Waals surface area contributed by atoms with Crippen molar-refractivity contribution in [3.63, 3.8) is 0 Å². The lowest BCUT2D eigenvalue weighted by molar-refractivity contribution is 0.305. The first kappa shape index (κ1) is 20.3. The molecule has 122 valence electrons. The van der Waals surface area contributed by atoms with Crippen molar-refractivity contribution in [1.82, 2.24) is 10.6 Å². The van der Waals surface area contributed by atoms with Crippen LogP contribution in [0.15, 0.2) is 18.2 Å². The Hall–Kier alpha value is -0.680. The molecule has 1 heterocycles. The van der Waals surface area contributed by atoms with Crippen molar-refractivity contribution in [3.05, 3.63) is 23.8 Å². The number of methoxy groups -OCH3 is 1. The van der Waals surface area contributed by atoms with Gasteiger partial charge in [-0.05, 0) is 32.4 Å². The first-order chi connectivity index (χ1) is 9.35. The molecule has 0 saturated carbocycles. The summed E-state index contributed by atoms with van der Waals surface area (Å²) < 4.78 is 11.1. The van der Waals surface area contributed by atoms with Gasteiger partial charge in [0.15, 0.2) is 11.5 Å². The average molecular weight is 337 g/mol. The summed E-state index contributed by atoms with van der Waals surface area (Å²) in [6.45, 7) is 5.65. The fourth-order valence-electron chi connectivity index (χ4n) is 2.45. The van der Waals surface area contributed by atoms with E-state index >= 15 is 0 Å². The minimum Gasteiger partial charge on any atom is -0.493 e. The predicted molar refractivity (Wildman–Crippen MR) is 91.4 cm³/mol. The Morgan fingerprint density at radius 1 is 1.33 bits per heavy atom. The van der Waals surface area contributed by atoms with Crippen LogP contribution in [0.5, 0.6) is 11.5 Å². The molecule has 1 saturated heterocycles. The van der Waals surface area contributed by atoms with Crippen LogP contribution in [-0.4, -0.2) is 32.8 Å². The fourth-order valence-corrected chi connectivity index (χ4v) is 2.45. The van der Waals surface area contributed by atoms with Gasteiger partial charge in [-0.15, -0.1) is 24.8 Å². The van der Waals surface area contributed by atoms with E-state index in [4.69, 9.17) is 9.47 Å². The molecule has 0 amide bonds. The molecule has 21 heavy (non-hydrogen) atoms. The number of hydrogen-bond donors (Lipinski definition) is 2. The average Bonchev–Trinajstić information content (AvgIpc) is 2.47. The minimum atomic E-state index is 0. The molecule has 0 spiro atoms. The third kappa shape index (κ3) is 5.91. The van der Waals surface area contributed by atoms with E-state index in [-0.39, 0.29) is 24.8 Å². The van der Waals surface area contributed by atoms with Gasteiger partial charge in [0.25, 0.3) is 0 Å².